The molecular weight excluding hydrogens is 228 g/mol. The summed E-state index contributed by atoms with van der Waals surface area (Å²) in [5.74, 6) is 0.314. The Kier molecular flexibility index (Phi) is 3.87. The number of nitrogens with zero attached hydrogens (tertiary/aromatic N) is 1. The summed E-state index contributed by atoms with van der Waals surface area (Å²) < 4.78 is 0. The molecule has 1 saturated heterocycles. The van der Waals surface area contributed by atoms with Crippen LogP contribution in [0.15, 0.2) is 18.2 Å². The molecule has 0 atom stereocenters. The van der Waals surface area contributed by atoms with E-state index in [4.69, 9.17) is 10.8 Å². The van der Waals surface area contributed by atoms with Gasteiger partial charge in [0.25, 0.3) is 5.91 Å². The number of benzene rings is 1. The van der Waals surface area contributed by atoms with Crippen LogP contribution in [-0.2, 0) is 6.61 Å². The lowest BCUT2D eigenvalue weighted by Gasteiger charge is -2.33. The standard InChI is InChI=1S/C14H20N2O2/c1-10-4-6-16(7-5-10)13-3-2-11(9-17)8-12(13)14(15)18/h2-3,8,10,17H,4-7,9H2,1H3,(H2,15,18). The van der Waals surface area contributed by atoms with Crippen molar-refractivity contribution in [2.24, 2.45) is 11.7 Å². The molecule has 0 saturated carbocycles. The first-order chi connectivity index (χ1) is 8.61. The molecule has 0 spiro atoms. The molecule has 0 unspecified atom stereocenters. The van der Waals surface area contributed by atoms with E-state index >= 15 is 0 Å². The number of nitrogens with two attached hydrogens (primary N) is 1. The Morgan fingerprint density at radius 2 is 2.11 bits per heavy atom. The van der Waals surface area contributed by atoms with Gasteiger partial charge in [-0.25, -0.2) is 0 Å². The van der Waals surface area contributed by atoms with Crippen molar-refractivity contribution < 1.29 is 9.90 Å². The van der Waals surface area contributed by atoms with Crippen LogP contribution >= 0.6 is 0 Å². The van der Waals surface area contributed by atoms with Gasteiger partial charge in [-0.15, -0.1) is 0 Å². The summed E-state index contributed by atoms with van der Waals surface area (Å²) in [7, 11) is 0. The molecule has 3 N–H and O–H groups in total. The summed E-state index contributed by atoms with van der Waals surface area (Å²) >= 11 is 0. The number of hydrogen-bond acceptors (Lipinski definition) is 3. The molecule has 1 fully saturated rings. The molecule has 1 heterocycles. The Morgan fingerprint density at radius 3 is 2.67 bits per heavy atom. The van der Waals surface area contributed by atoms with Crippen LogP contribution < -0.4 is 10.6 Å². The fraction of sp³-hybridized carbons (Fsp3) is 0.500. The average Bonchev–Trinajstić information content (AvgIpc) is 2.39. The Morgan fingerprint density at radius 1 is 1.44 bits per heavy atom. The summed E-state index contributed by atoms with van der Waals surface area (Å²) in [6.45, 7) is 4.10. The number of hydrogen-bond donors (Lipinski definition) is 2. The largest absolute Gasteiger partial charge is 0.392 e. The molecule has 1 aromatic rings. The fourth-order valence-electron chi connectivity index (χ4n) is 2.40. The highest BCUT2D eigenvalue weighted by molar-refractivity contribution is 5.98. The molecule has 1 amide bonds. The van der Waals surface area contributed by atoms with Crippen molar-refractivity contribution in [3.63, 3.8) is 0 Å². The summed E-state index contributed by atoms with van der Waals surface area (Å²) in [6, 6.07) is 5.43. The second-order valence-electron chi connectivity index (χ2n) is 5.04. The molecule has 4 heteroatoms. The van der Waals surface area contributed by atoms with E-state index in [1.807, 2.05) is 12.1 Å². The SMILES string of the molecule is CC1CCN(c2ccc(CO)cc2C(N)=O)CC1. The van der Waals surface area contributed by atoms with Crippen molar-refractivity contribution >= 4 is 11.6 Å². The fourth-order valence-corrected chi connectivity index (χ4v) is 2.40. The van der Waals surface area contributed by atoms with Gasteiger partial charge in [-0.05, 0) is 36.5 Å². The number of primary amides is 1. The van der Waals surface area contributed by atoms with Gasteiger partial charge in [-0.3, -0.25) is 4.79 Å². The lowest BCUT2D eigenvalue weighted by atomic mass is 9.97. The maximum Gasteiger partial charge on any atom is 0.250 e. The predicted molar refractivity (Wildman–Crippen MR) is 71.5 cm³/mol. The third-order valence-corrected chi connectivity index (χ3v) is 3.63. The highest BCUT2D eigenvalue weighted by Crippen LogP contribution is 2.27. The van der Waals surface area contributed by atoms with Crippen molar-refractivity contribution in [2.45, 2.75) is 26.4 Å². The van der Waals surface area contributed by atoms with Crippen LogP contribution in [0.2, 0.25) is 0 Å². The van der Waals surface area contributed by atoms with E-state index in [1.165, 1.54) is 0 Å². The smallest absolute Gasteiger partial charge is 0.250 e. The van der Waals surface area contributed by atoms with Gasteiger partial charge >= 0.3 is 0 Å². The van der Waals surface area contributed by atoms with E-state index in [0.29, 0.717) is 5.56 Å². The summed E-state index contributed by atoms with van der Waals surface area (Å²) in [4.78, 5) is 13.7. The number of aliphatic hydroxyl groups excluding tert-OH is 1. The first-order valence-corrected chi connectivity index (χ1v) is 6.40. The van der Waals surface area contributed by atoms with E-state index in [-0.39, 0.29) is 6.61 Å². The van der Waals surface area contributed by atoms with Crippen molar-refractivity contribution in [3.8, 4) is 0 Å². The Bertz CT molecular complexity index is 437. The maximum absolute atomic E-state index is 11.5. The minimum Gasteiger partial charge on any atom is -0.392 e. The van der Waals surface area contributed by atoms with Gasteiger partial charge in [0.05, 0.1) is 12.2 Å². The minimum atomic E-state index is -0.432. The average molecular weight is 248 g/mol. The highest BCUT2D eigenvalue weighted by atomic mass is 16.3. The summed E-state index contributed by atoms with van der Waals surface area (Å²) in [6.07, 6.45) is 2.28. The lowest BCUT2D eigenvalue weighted by molar-refractivity contribution is 0.100. The number of carbonyl (C=O) groups is 1. The van der Waals surface area contributed by atoms with Gasteiger partial charge in [0.1, 0.15) is 0 Å². The van der Waals surface area contributed by atoms with Crippen LogP contribution in [0, 0.1) is 5.92 Å². The van der Waals surface area contributed by atoms with Crippen molar-refractivity contribution in [1.29, 1.82) is 0 Å². The van der Waals surface area contributed by atoms with Crippen LogP contribution in [0.25, 0.3) is 0 Å². The van der Waals surface area contributed by atoms with E-state index < -0.39 is 5.91 Å². The quantitative estimate of drug-likeness (QED) is 0.852. The topological polar surface area (TPSA) is 66.6 Å². The zero-order valence-electron chi connectivity index (χ0n) is 10.7. The summed E-state index contributed by atoms with van der Waals surface area (Å²) in [5.41, 5.74) is 7.55. The number of rotatable bonds is 3. The molecule has 0 bridgehead atoms. The molecule has 0 aliphatic carbocycles. The van der Waals surface area contributed by atoms with Gasteiger partial charge in [0, 0.05) is 18.8 Å². The van der Waals surface area contributed by atoms with Gasteiger partial charge < -0.3 is 15.7 Å². The van der Waals surface area contributed by atoms with Crippen LogP contribution in [0.4, 0.5) is 5.69 Å². The third-order valence-electron chi connectivity index (χ3n) is 3.63. The number of anilines is 1. The van der Waals surface area contributed by atoms with Crippen molar-refractivity contribution in [3.05, 3.63) is 29.3 Å². The van der Waals surface area contributed by atoms with Crippen molar-refractivity contribution in [1.82, 2.24) is 0 Å². The molecule has 4 nitrogen and oxygen atoms in total. The molecule has 18 heavy (non-hydrogen) atoms. The second-order valence-corrected chi connectivity index (χ2v) is 5.04. The zero-order valence-corrected chi connectivity index (χ0v) is 10.7. The van der Waals surface area contributed by atoms with E-state index in [9.17, 15) is 4.79 Å². The molecule has 1 aromatic carbocycles. The molecule has 1 aliphatic rings. The lowest BCUT2D eigenvalue weighted by Crippen LogP contribution is -2.34. The Labute approximate surface area is 107 Å². The van der Waals surface area contributed by atoms with E-state index in [2.05, 4.69) is 11.8 Å². The minimum absolute atomic E-state index is 0.0718. The monoisotopic (exact) mass is 248 g/mol. The molecule has 1 aliphatic heterocycles. The first-order valence-electron chi connectivity index (χ1n) is 6.40. The molecule has 0 aromatic heterocycles. The molecular formula is C14H20N2O2. The van der Waals surface area contributed by atoms with E-state index in [0.717, 1.165) is 43.1 Å². The predicted octanol–water partition coefficient (Wildman–Crippen LogP) is 1.51. The molecule has 98 valence electrons. The van der Waals surface area contributed by atoms with Crippen molar-refractivity contribution in [2.75, 3.05) is 18.0 Å². The second kappa shape index (κ2) is 5.40. The van der Waals surface area contributed by atoms with Gasteiger partial charge in [0.2, 0.25) is 0 Å². The van der Waals surface area contributed by atoms with Gasteiger partial charge in [-0.2, -0.15) is 0 Å². The molecule has 2 rings (SSSR count). The summed E-state index contributed by atoms with van der Waals surface area (Å²) in [5, 5.41) is 9.11. The highest BCUT2D eigenvalue weighted by Gasteiger charge is 2.20. The van der Waals surface area contributed by atoms with Crippen LogP contribution in [-0.4, -0.2) is 24.1 Å². The third kappa shape index (κ3) is 2.64. The normalized spacial score (nSPS) is 16.9. The number of amides is 1. The number of carbonyl (C=O) groups excluding carboxylic acids is 1. The Hall–Kier alpha value is -1.55. The number of aliphatic hydroxyl groups is 1. The van der Waals surface area contributed by atoms with Gasteiger partial charge in [0.15, 0.2) is 0 Å². The number of piperidine rings is 1. The van der Waals surface area contributed by atoms with Crippen LogP contribution in [0.1, 0.15) is 35.7 Å². The van der Waals surface area contributed by atoms with E-state index in [1.54, 1.807) is 6.07 Å². The maximum atomic E-state index is 11.5. The van der Waals surface area contributed by atoms with Gasteiger partial charge in [-0.1, -0.05) is 13.0 Å². The Balaban J connectivity index is 2.29. The van der Waals surface area contributed by atoms with Crippen LogP contribution in [0.5, 0.6) is 0 Å². The van der Waals surface area contributed by atoms with Crippen LogP contribution in [0.3, 0.4) is 0 Å². The first kappa shape index (κ1) is 12.9. The zero-order chi connectivity index (χ0) is 13.1. The molecule has 0 radical (unpaired) electrons.